The van der Waals surface area contributed by atoms with E-state index in [2.05, 4.69) is 18.4 Å². The summed E-state index contributed by atoms with van der Waals surface area (Å²) in [5.74, 6) is -0.624. The van der Waals surface area contributed by atoms with Crippen molar-refractivity contribution < 1.29 is 29.0 Å². The number of piperidine rings is 1. The number of carbonyl (C=O) groups is 3. The maximum Gasteiger partial charge on any atom is 0.407 e. The molecule has 3 heterocycles. The lowest BCUT2D eigenvalue weighted by Gasteiger charge is -2.52. The van der Waals surface area contributed by atoms with Crippen LogP contribution >= 0.6 is 0 Å². The number of unbranched alkanes of at least 4 members (excludes halogenated alkanes) is 1. The topological polar surface area (TPSA) is 105 Å². The Morgan fingerprint density at radius 1 is 1.04 bits per heavy atom. The number of hydrogen-bond acceptors (Lipinski definition) is 5. The third-order valence-electron chi connectivity index (χ3n) is 8.92. The average Bonchev–Trinajstić information content (AvgIpc) is 3.44. The van der Waals surface area contributed by atoms with Crippen LogP contribution in [0.3, 0.4) is 0 Å². The fourth-order valence-corrected chi connectivity index (χ4v) is 7.00. The number of ether oxygens (including phenoxy) is 2. The monoisotopic (exact) mass is 624 g/mol. The Kier molecular flexibility index (Phi) is 11.7. The van der Waals surface area contributed by atoms with Gasteiger partial charge in [-0.05, 0) is 48.3 Å². The first kappa shape index (κ1) is 34.5. The molecule has 1 unspecified atom stereocenters. The zero-order chi connectivity index (χ0) is 32.7. The minimum absolute atomic E-state index is 0.0632. The van der Waals surface area contributed by atoms with E-state index in [1.165, 1.54) is 4.90 Å². The van der Waals surface area contributed by atoms with Gasteiger partial charge in [0.1, 0.15) is 5.69 Å². The summed E-state index contributed by atoms with van der Waals surface area (Å²) >= 11 is 0. The fourth-order valence-electron chi connectivity index (χ4n) is 7.00. The Morgan fingerprint density at radius 2 is 1.73 bits per heavy atom. The highest BCUT2D eigenvalue weighted by atomic mass is 16.5. The van der Waals surface area contributed by atoms with E-state index in [4.69, 9.17) is 9.47 Å². The van der Waals surface area contributed by atoms with E-state index in [9.17, 15) is 19.5 Å². The van der Waals surface area contributed by atoms with Crippen LogP contribution in [0.4, 0.5) is 4.79 Å². The fraction of sp³-hybridized carbons (Fsp3) is 0.629. The number of carbonyl (C=O) groups excluding carboxylic acids is 2. The van der Waals surface area contributed by atoms with Gasteiger partial charge in [-0.15, -0.1) is 0 Å². The van der Waals surface area contributed by atoms with Crippen LogP contribution in [-0.4, -0.2) is 107 Å². The molecule has 2 aromatic rings. The molecule has 1 aromatic heterocycles. The normalized spacial score (nSPS) is 20.8. The first-order chi connectivity index (χ1) is 21.4. The van der Waals surface area contributed by atoms with Crippen LogP contribution in [0.1, 0.15) is 64.4 Å². The number of rotatable bonds is 11. The van der Waals surface area contributed by atoms with Gasteiger partial charge in [0.05, 0.1) is 31.2 Å². The SMILES string of the molecule is COCCCCn1c(C(=O)N(CC(C)C)[C@H]2C[C@@H](C(=O)N3CCOCC3)CN(C(=O)O)C2C(C)(C)C)ccc1-c1ccccc1. The molecule has 4 rings (SSSR count). The maximum absolute atomic E-state index is 14.9. The van der Waals surface area contributed by atoms with Gasteiger partial charge in [-0.3, -0.25) is 9.59 Å². The number of aromatic nitrogens is 1. The van der Waals surface area contributed by atoms with Crippen LogP contribution in [0.15, 0.2) is 42.5 Å². The molecule has 2 fully saturated rings. The van der Waals surface area contributed by atoms with Crippen molar-refractivity contribution in [2.24, 2.45) is 17.3 Å². The molecule has 0 radical (unpaired) electrons. The molecule has 2 aliphatic rings. The highest BCUT2D eigenvalue weighted by Gasteiger charge is 2.50. The number of likely N-dealkylation sites (tertiary alicyclic amines) is 1. The summed E-state index contributed by atoms with van der Waals surface area (Å²) in [6, 6.07) is 13.0. The van der Waals surface area contributed by atoms with Gasteiger partial charge in [0.25, 0.3) is 5.91 Å². The molecule has 2 saturated heterocycles. The van der Waals surface area contributed by atoms with E-state index >= 15 is 0 Å². The van der Waals surface area contributed by atoms with Crippen molar-refractivity contribution in [3.63, 3.8) is 0 Å². The van der Waals surface area contributed by atoms with E-state index < -0.39 is 29.5 Å². The number of morpholine rings is 1. The first-order valence-electron chi connectivity index (χ1n) is 16.3. The van der Waals surface area contributed by atoms with Crippen LogP contribution in [0.25, 0.3) is 11.3 Å². The lowest BCUT2D eigenvalue weighted by atomic mass is 9.74. The zero-order valence-corrected chi connectivity index (χ0v) is 27.9. The summed E-state index contributed by atoms with van der Waals surface area (Å²) in [5, 5.41) is 10.5. The maximum atomic E-state index is 14.9. The quantitative estimate of drug-likeness (QED) is 0.340. The predicted octanol–water partition coefficient (Wildman–Crippen LogP) is 5.32. The minimum Gasteiger partial charge on any atom is -0.465 e. The zero-order valence-electron chi connectivity index (χ0n) is 27.9. The standard InChI is InChI=1S/C35H52N4O6/c1-25(2)23-38(33(41)29-15-14-28(26-12-8-7-9-13-26)37(29)16-10-11-19-44-6)30-22-27(32(40)36-17-20-45-21-18-36)24-39(34(42)43)31(30)35(3,4)5/h7-9,12-15,25,27,30-31H,10-11,16-24H2,1-6H3,(H,42,43)/t27-,30+,31?/m1/s1. The van der Waals surface area contributed by atoms with Gasteiger partial charge in [-0.25, -0.2) is 4.79 Å². The van der Waals surface area contributed by atoms with Gasteiger partial charge in [-0.2, -0.15) is 0 Å². The number of carboxylic acid groups (broad SMARTS) is 1. The van der Waals surface area contributed by atoms with E-state index in [1.54, 1.807) is 12.0 Å². The number of methoxy groups -OCH3 is 1. The van der Waals surface area contributed by atoms with E-state index in [1.807, 2.05) is 68.1 Å². The number of benzene rings is 1. The second-order valence-electron chi connectivity index (χ2n) is 13.9. The molecule has 0 aliphatic carbocycles. The molecule has 0 spiro atoms. The van der Waals surface area contributed by atoms with Crippen molar-refractivity contribution in [2.45, 2.75) is 72.5 Å². The van der Waals surface area contributed by atoms with E-state index in [0.717, 1.165) is 24.1 Å². The van der Waals surface area contributed by atoms with Crippen LogP contribution in [0.2, 0.25) is 0 Å². The Morgan fingerprint density at radius 3 is 2.33 bits per heavy atom. The summed E-state index contributed by atoms with van der Waals surface area (Å²) in [6.07, 6.45) is 1.04. The molecular formula is C35H52N4O6. The number of nitrogens with zero attached hydrogens (tertiary/aromatic N) is 4. The van der Waals surface area contributed by atoms with Gasteiger partial charge in [-0.1, -0.05) is 65.0 Å². The largest absolute Gasteiger partial charge is 0.465 e. The summed E-state index contributed by atoms with van der Waals surface area (Å²) in [7, 11) is 1.69. The van der Waals surface area contributed by atoms with Gasteiger partial charge in [0.2, 0.25) is 5.91 Å². The summed E-state index contributed by atoms with van der Waals surface area (Å²) < 4.78 is 12.9. The first-order valence-corrected chi connectivity index (χ1v) is 16.3. The Bertz CT molecular complexity index is 1280. The average molecular weight is 625 g/mol. The van der Waals surface area contributed by atoms with Gasteiger partial charge >= 0.3 is 6.09 Å². The smallest absolute Gasteiger partial charge is 0.407 e. The predicted molar refractivity (Wildman–Crippen MR) is 174 cm³/mol. The van der Waals surface area contributed by atoms with Crippen LogP contribution < -0.4 is 0 Å². The Labute approximate surface area is 268 Å². The van der Waals surface area contributed by atoms with Crippen LogP contribution in [-0.2, 0) is 20.8 Å². The number of amides is 3. The summed E-state index contributed by atoms with van der Waals surface area (Å²) in [5.41, 5.74) is 2.08. The minimum atomic E-state index is -1.07. The number of hydrogen-bond donors (Lipinski definition) is 1. The molecule has 0 bridgehead atoms. The molecule has 1 aromatic carbocycles. The second kappa shape index (κ2) is 15.3. The van der Waals surface area contributed by atoms with Crippen molar-refractivity contribution in [2.75, 3.05) is 53.1 Å². The van der Waals surface area contributed by atoms with Gasteiger partial charge in [0, 0.05) is 52.1 Å². The van der Waals surface area contributed by atoms with Crippen LogP contribution in [0, 0.1) is 17.3 Å². The molecule has 3 amide bonds. The Balaban J connectivity index is 1.78. The molecular weight excluding hydrogens is 572 g/mol. The van der Waals surface area contributed by atoms with Crippen molar-refractivity contribution in [1.82, 2.24) is 19.3 Å². The van der Waals surface area contributed by atoms with Gasteiger partial charge in [0.15, 0.2) is 0 Å². The molecule has 2 aliphatic heterocycles. The summed E-state index contributed by atoms with van der Waals surface area (Å²) in [4.78, 5) is 46.6. The highest BCUT2D eigenvalue weighted by Crippen LogP contribution is 2.39. The lowest BCUT2D eigenvalue weighted by Crippen LogP contribution is -2.66. The van der Waals surface area contributed by atoms with Crippen molar-refractivity contribution in [3.05, 3.63) is 48.2 Å². The second-order valence-corrected chi connectivity index (χ2v) is 13.9. The highest BCUT2D eigenvalue weighted by molar-refractivity contribution is 5.94. The third-order valence-corrected chi connectivity index (χ3v) is 8.92. The van der Waals surface area contributed by atoms with Crippen LogP contribution in [0.5, 0.6) is 0 Å². The lowest BCUT2D eigenvalue weighted by molar-refractivity contribution is -0.144. The van der Waals surface area contributed by atoms with Crippen molar-refractivity contribution in [1.29, 1.82) is 0 Å². The van der Waals surface area contributed by atoms with E-state index in [0.29, 0.717) is 58.1 Å². The molecule has 248 valence electrons. The molecule has 10 nitrogen and oxygen atoms in total. The molecule has 0 saturated carbocycles. The Hall–Kier alpha value is -3.37. The summed E-state index contributed by atoms with van der Waals surface area (Å²) in [6.45, 7) is 14.0. The molecule has 3 atom stereocenters. The molecule has 10 heteroatoms. The van der Waals surface area contributed by atoms with Crippen molar-refractivity contribution >= 4 is 17.9 Å². The molecule has 45 heavy (non-hydrogen) atoms. The van der Waals surface area contributed by atoms with E-state index in [-0.39, 0.29) is 24.3 Å². The third kappa shape index (κ3) is 8.27. The molecule has 1 N–H and O–H groups in total. The van der Waals surface area contributed by atoms with Crippen molar-refractivity contribution in [3.8, 4) is 11.3 Å². The van der Waals surface area contributed by atoms with Gasteiger partial charge < -0.3 is 33.8 Å².